The molecule has 8 heteroatoms. The van der Waals surface area contributed by atoms with E-state index < -0.39 is 49.3 Å². The van der Waals surface area contributed by atoms with E-state index in [1.807, 2.05) is 72.8 Å². The zero-order chi connectivity index (χ0) is 55.4. The van der Waals surface area contributed by atoms with Gasteiger partial charge in [-0.2, -0.15) is 0 Å². The first-order chi connectivity index (χ1) is 39.3. The Bertz CT molecular complexity index is 2770. The number of benzene rings is 12. The summed E-state index contributed by atoms with van der Waals surface area (Å²) in [4.78, 5) is 0. The molecule has 12 aromatic rings. The zero-order valence-corrected chi connectivity index (χ0v) is 55.6. The summed E-state index contributed by atoms with van der Waals surface area (Å²) in [5, 5.41) is 0. The van der Waals surface area contributed by atoms with Gasteiger partial charge in [-0.05, 0) is 0 Å². The van der Waals surface area contributed by atoms with Crippen LogP contribution in [0.25, 0.3) is 0 Å². The first-order valence-electron chi connectivity index (χ1n) is 26.7. The molecule has 0 aromatic heterocycles. The fourth-order valence-corrected chi connectivity index (χ4v) is 42.7. The summed E-state index contributed by atoms with van der Waals surface area (Å²) in [5.41, 5.74) is 0. The topological polar surface area (TPSA) is 0 Å². The van der Waals surface area contributed by atoms with Crippen LogP contribution in [0.1, 0.15) is 0 Å². The molecule has 0 aliphatic rings. The average Bonchev–Trinajstić information content (AvgIpc) is 3.63. The van der Waals surface area contributed by atoms with Crippen molar-refractivity contribution in [2.24, 2.45) is 0 Å². The Hall–Kier alpha value is -6.03. The molecule has 0 fully saturated rings. The first kappa shape index (κ1) is 58.6. The van der Waals surface area contributed by atoms with E-state index in [1.165, 1.54) is 52.8 Å². The van der Waals surface area contributed by atoms with E-state index in [1.54, 1.807) is 0 Å². The van der Waals surface area contributed by atoms with Crippen molar-refractivity contribution < 1.29 is 0 Å². The Morgan fingerprint density at radius 1 is 0.113 bits per heavy atom. The Morgan fingerprint density at radius 3 is 0.237 bits per heavy atom. The van der Waals surface area contributed by atoms with Gasteiger partial charge in [-0.15, -0.1) is 0 Å². The second kappa shape index (κ2) is 29.1. The molecule has 0 atom stereocenters. The molecule has 0 heterocycles. The van der Waals surface area contributed by atoms with Crippen molar-refractivity contribution in [1.82, 2.24) is 0 Å². The number of hydrogen-bond donors (Lipinski definition) is 0. The van der Waals surface area contributed by atoms with Crippen molar-refractivity contribution in [3.8, 4) is 0 Å². The Labute approximate surface area is 500 Å². The van der Waals surface area contributed by atoms with Gasteiger partial charge < -0.3 is 0 Å². The molecule has 12 rings (SSSR count). The molecule has 0 nitrogen and oxygen atoms in total. The predicted molar refractivity (Wildman–Crippen MR) is 359 cm³/mol. The van der Waals surface area contributed by atoms with Gasteiger partial charge in [0, 0.05) is 0 Å². The maximum absolute atomic E-state index is 7.30. The van der Waals surface area contributed by atoms with Crippen molar-refractivity contribution in [1.29, 1.82) is 0 Å². The van der Waals surface area contributed by atoms with Crippen LogP contribution in [0.5, 0.6) is 0 Å². The van der Waals surface area contributed by atoms with Gasteiger partial charge in [0.15, 0.2) is 0 Å². The zero-order valence-electron chi connectivity index (χ0n) is 44.2. The van der Waals surface area contributed by atoms with Gasteiger partial charge in [-0.3, -0.25) is 0 Å². The summed E-state index contributed by atoms with van der Waals surface area (Å²) >= 11 is -12.1. The Kier molecular flexibility index (Phi) is 21.3. The molecule has 0 bridgehead atoms. The molecule has 0 unspecified atom stereocenters. The van der Waals surface area contributed by atoms with Crippen molar-refractivity contribution in [2.75, 3.05) is 0 Å². The second-order valence-electron chi connectivity index (χ2n) is 19.0. The normalized spacial score (nSPS) is 11.2. The van der Waals surface area contributed by atoms with Crippen LogP contribution in [0.2, 0.25) is 0 Å². The maximum atomic E-state index is 7.30. The minimum absolute atomic E-state index is 1.27. The Morgan fingerprint density at radius 2 is 0.175 bits per heavy atom. The number of hydrogen-bond acceptors (Lipinski definition) is 0. The van der Waals surface area contributed by atoms with Crippen molar-refractivity contribution in [2.45, 2.75) is 0 Å². The molecular formula is C72H60Cl4Ge4. The SMILES string of the molecule is [Cl][Ge]([c]1ccccc1)([c]1ccccc1)[c]1ccccc1.[Cl][Ge]([c]1ccccc1)([c]1ccccc1)[c]1ccccc1.[Cl][Ge]([c]1ccccc1)([c]1ccccc1)[c]1ccccc1.[Cl][Ge]([c]1ccccc1)([c]1ccccc1)[c]1ccccc1. The Balaban J connectivity index is 0.000000129. The molecule has 12 aromatic carbocycles. The molecule has 0 spiro atoms. The summed E-state index contributed by atoms with van der Waals surface area (Å²) in [7, 11) is 29.2. The molecule has 0 aliphatic carbocycles. The monoisotopic (exact) mass is 1360 g/mol. The molecule has 0 amide bonds. The molecule has 0 saturated heterocycles. The van der Waals surface area contributed by atoms with Crippen LogP contribution in [0.3, 0.4) is 0 Å². The minimum atomic E-state index is -3.02. The number of halogens is 4. The summed E-state index contributed by atoms with van der Waals surface area (Å²) < 4.78 is 15.2. The number of rotatable bonds is 12. The van der Waals surface area contributed by atoms with Gasteiger partial charge in [0.2, 0.25) is 0 Å². The molecule has 0 N–H and O–H groups in total. The second-order valence-corrected chi connectivity index (χ2v) is 56.4. The van der Waals surface area contributed by atoms with E-state index in [9.17, 15) is 0 Å². The molecule has 80 heavy (non-hydrogen) atoms. The molecule has 0 radical (unpaired) electrons. The third-order valence-corrected chi connectivity index (χ3v) is 56.1. The van der Waals surface area contributed by atoms with E-state index in [0.29, 0.717) is 0 Å². The van der Waals surface area contributed by atoms with Crippen LogP contribution in [-0.4, -0.2) is 49.3 Å². The van der Waals surface area contributed by atoms with Gasteiger partial charge >= 0.3 is 506 Å². The molecule has 0 saturated carbocycles. The van der Waals surface area contributed by atoms with Crippen LogP contribution in [0, 0.1) is 0 Å². The predicted octanol–water partition coefficient (Wildman–Crippen LogP) is 11.6. The van der Waals surface area contributed by atoms with Crippen LogP contribution in [0.15, 0.2) is 364 Å². The van der Waals surface area contributed by atoms with Crippen molar-refractivity contribution >= 4 is 142 Å². The van der Waals surface area contributed by atoms with Gasteiger partial charge in [0.25, 0.3) is 0 Å². The standard InChI is InChI=1S/4C18H15ClGe/c4*19-20(16-10-4-1-5-11-16,17-12-6-2-7-13-17)18-14-8-3-9-15-18/h4*1-15H. The van der Waals surface area contributed by atoms with Crippen LogP contribution in [-0.2, 0) is 0 Å². The quantitative estimate of drug-likeness (QED) is 0.107. The van der Waals surface area contributed by atoms with Crippen molar-refractivity contribution in [3.63, 3.8) is 0 Å². The summed E-state index contributed by atoms with van der Waals surface area (Å²) in [6.45, 7) is 0. The van der Waals surface area contributed by atoms with E-state index in [2.05, 4.69) is 291 Å². The third kappa shape index (κ3) is 13.8. The van der Waals surface area contributed by atoms with Gasteiger partial charge in [-0.25, -0.2) is 0 Å². The van der Waals surface area contributed by atoms with Gasteiger partial charge in [-0.1, -0.05) is 0 Å². The average molecular weight is 1360 g/mol. The van der Waals surface area contributed by atoms with Crippen LogP contribution >= 0.6 is 40.0 Å². The third-order valence-electron chi connectivity index (χ3n) is 14.1. The van der Waals surface area contributed by atoms with E-state index in [4.69, 9.17) is 40.0 Å². The molecular weight excluding hydrogens is 1300 g/mol. The van der Waals surface area contributed by atoms with Gasteiger partial charge in [0.05, 0.1) is 0 Å². The van der Waals surface area contributed by atoms with E-state index in [-0.39, 0.29) is 0 Å². The van der Waals surface area contributed by atoms with Crippen LogP contribution < -0.4 is 52.8 Å². The summed E-state index contributed by atoms with van der Waals surface area (Å²) in [5.74, 6) is 0. The van der Waals surface area contributed by atoms with Crippen molar-refractivity contribution in [3.05, 3.63) is 364 Å². The van der Waals surface area contributed by atoms with Gasteiger partial charge in [0.1, 0.15) is 0 Å². The summed E-state index contributed by atoms with van der Waals surface area (Å²) in [6, 6.07) is 126. The van der Waals surface area contributed by atoms with E-state index in [0.717, 1.165) is 0 Å². The molecule has 0 aliphatic heterocycles. The molecule has 392 valence electrons. The first-order valence-corrected chi connectivity index (χ1v) is 50.3. The fraction of sp³-hybridized carbons (Fsp3) is 0. The van der Waals surface area contributed by atoms with Crippen LogP contribution in [0.4, 0.5) is 0 Å². The van der Waals surface area contributed by atoms with E-state index >= 15 is 0 Å². The summed E-state index contributed by atoms with van der Waals surface area (Å²) in [6.07, 6.45) is 0. The fourth-order valence-electron chi connectivity index (χ4n) is 10.0.